The van der Waals surface area contributed by atoms with Gasteiger partial charge in [-0.25, -0.2) is 0 Å². The first-order valence-corrected chi connectivity index (χ1v) is 7.23. The predicted molar refractivity (Wildman–Crippen MR) is 75.8 cm³/mol. The van der Waals surface area contributed by atoms with Gasteiger partial charge in [0.1, 0.15) is 0 Å². The zero-order chi connectivity index (χ0) is 14.2. The minimum absolute atomic E-state index is 0.0605. The fourth-order valence-electron chi connectivity index (χ4n) is 2.47. The van der Waals surface area contributed by atoms with Crippen LogP contribution in [0.15, 0.2) is 0 Å². The Morgan fingerprint density at radius 1 is 1.11 bits per heavy atom. The van der Waals surface area contributed by atoms with Crippen molar-refractivity contribution < 1.29 is 14.6 Å². The van der Waals surface area contributed by atoms with Crippen LogP contribution in [-0.4, -0.2) is 36.1 Å². The molecule has 1 N–H and O–H groups in total. The number of aliphatic hydroxyl groups excluding tert-OH is 1. The molecule has 3 heteroatoms. The van der Waals surface area contributed by atoms with Gasteiger partial charge < -0.3 is 14.6 Å². The van der Waals surface area contributed by atoms with Crippen LogP contribution < -0.4 is 0 Å². The number of hydrogen-bond donors (Lipinski definition) is 1. The molecule has 0 amide bonds. The molecule has 0 aliphatic heterocycles. The van der Waals surface area contributed by atoms with Gasteiger partial charge in [-0.1, -0.05) is 27.2 Å². The van der Waals surface area contributed by atoms with Crippen molar-refractivity contribution >= 4 is 0 Å². The first-order chi connectivity index (χ1) is 8.33. The Bertz CT molecular complexity index is 206. The third-order valence-electron chi connectivity index (χ3n) is 2.98. The van der Waals surface area contributed by atoms with Crippen LogP contribution in [0.2, 0.25) is 0 Å². The molecule has 3 unspecified atom stereocenters. The van der Waals surface area contributed by atoms with Crippen LogP contribution >= 0.6 is 0 Å². The molecule has 3 nitrogen and oxygen atoms in total. The van der Waals surface area contributed by atoms with E-state index in [0.29, 0.717) is 12.5 Å². The SMILES string of the molecule is CCCC(C)(CC(C)C)OC(C)COC(C)CO. The lowest BCUT2D eigenvalue weighted by Crippen LogP contribution is -2.36. The van der Waals surface area contributed by atoms with E-state index in [0.717, 1.165) is 19.3 Å². The van der Waals surface area contributed by atoms with Crippen LogP contribution in [0.1, 0.15) is 60.8 Å². The number of rotatable bonds is 10. The fourth-order valence-corrected chi connectivity index (χ4v) is 2.47. The summed E-state index contributed by atoms with van der Waals surface area (Å²) in [7, 11) is 0. The highest BCUT2D eigenvalue weighted by molar-refractivity contribution is 4.77. The Labute approximate surface area is 113 Å². The fraction of sp³-hybridized carbons (Fsp3) is 1.00. The molecular formula is C15H32O3. The Balaban J connectivity index is 4.21. The first-order valence-electron chi connectivity index (χ1n) is 7.23. The quantitative estimate of drug-likeness (QED) is 0.654. The van der Waals surface area contributed by atoms with E-state index in [4.69, 9.17) is 14.6 Å². The van der Waals surface area contributed by atoms with Gasteiger partial charge in [-0.3, -0.25) is 0 Å². The van der Waals surface area contributed by atoms with Crippen LogP contribution in [0, 0.1) is 5.92 Å². The van der Waals surface area contributed by atoms with Crippen molar-refractivity contribution in [3.05, 3.63) is 0 Å². The Morgan fingerprint density at radius 3 is 2.17 bits per heavy atom. The van der Waals surface area contributed by atoms with Crippen molar-refractivity contribution in [2.75, 3.05) is 13.2 Å². The van der Waals surface area contributed by atoms with Crippen LogP contribution in [0.4, 0.5) is 0 Å². The Hall–Kier alpha value is -0.120. The van der Waals surface area contributed by atoms with Gasteiger partial charge in [0, 0.05) is 0 Å². The summed E-state index contributed by atoms with van der Waals surface area (Å²) in [5.41, 5.74) is -0.0614. The van der Waals surface area contributed by atoms with E-state index in [1.807, 2.05) is 13.8 Å². The van der Waals surface area contributed by atoms with E-state index in [-0.39, 0.29) is 24.4 Å². The highest BCUT2D eigenvalue weighted by atomic mass is 16.6. The maximum Gasteiger partial charge on any atom is 0.0788 e. The monoisotopic (exact) mass is 260 g/mol. The molecule has 0 bridgehead atoms. The Morgan fingerprint density at radius 2 is 1.72 bits per heavy atom. The third-order valence-corrected chi connectivity index (χ3v) is 2.98. The lowest BCUT2D eigenvalue weighted by molar-refractivity contribution is -0.125. The largest absolute Gasteiger partial charge is 0.394 e. The van der Waals surface area contributed by atoms with E-state index in [1.165, 1.54) is 0 Å². The minimum Gasteiger partial charge on any atom is -0.394 e. The summed E-state index contributed by atoms with van der Waals surface area (Å²) in [6, 6.07) is 0. The predicted octanol–water partition coefficient (Wildman–Crippen LogP) is 3.39. The second kappa shape index (κ2) is 8.89. The van der Waals surface area contributed by atoms with E-state index < -0.39 is 0 Å². The number of aliphatic hydroxyl groups is 1. The molecule has 3 atom stereocenters. The molecule has 0 aromatic rings. The summed E-state index contributed by atoms with van der Waals surface area (Å²) in [4.78, 5) is 0. The molecule has 110 valence electrons. The van der Waals surface area contributed by atoms with Crippen molar-refractivity contribution in [3.8, 4) is 0 Å². The second-order valence-corrected chi connectivity index (χ2v) is 6.05. The molecule has 0 saturated heterocycles. The topological polar surface area (TPSA) is 38.7 Å². The number of ether oxygens (including phenoxy) is 2. The normalized spacial score (nSPS) is 18.7. The van der Waals surface area contributed by atoms with Crippen molar-refractivity contribution in [1.29, 1.82) is 0 Å². The first kappa shape index (κ1) is 17.9. The molecule has 0 heterocycles. The molecule has 0 spiro atoms. The number of hydrogen-bond acceptors (Lipinski definition) is 3. The zero-order valence-electron chi connectivity index (χ0n) is 13.0. The van der Waals surface area contributed by atoms with Crippen molar-refractivity contribution in [2.24, 2.45) is 5.92 Å². The van der Waals surface area contributed by atoms with Gasteiger partial charge in [0.15, 0.2) is 0 Å². The maximum absolute atomic E-state index is 8.92. The van der Waals surface area contributed by atoms with Crippen LogP contribution in [-0.2, 0) is 9.47 Å². The highest BCUT2D eigenvalue weighted by Crippen LogP contribution is 2.27. The van der Waals surface area contributed by atoms with Gasteiger partial charge in [-0.05, 0) is 39.5 Å². The van der Waals surface area contributed by atoms with Gasteiger partial charge in [0.25, 0.3) is 0 Å². The lowest BCUT2D eigenvalue weighted by Gasteiger charge is -2.34. The zero-order valence-corrected chi connectivity index (χ0v) is 13.0. The lowest BCUT2D eigenvalue weighted by atomic mass is 9.90. The van der Waals surface area contributed by atoms with Gasteiger partial charge in [-0.15, -0.1) is 0 Å². The summed E-state index contributed by atoms with van der Waals surface area (Å²) < 4.78 is 11.7. The molecule has 0 aromatic heterocycles. The summed E-state index contributed by atoms with van der Waals surface area (Å²) in [6.07, 6.45) is 3.23. The standard InChI is InChI=1S/C15H32O3/c1-7-8-15(6,9-12(2)3)18-14(5)11-17-13(4)10-16/h12-14,16H,7-11H2,1-6H3. The smallest absolute Gasteiger partial charge is 0.0788 e. The Kier molecular flexibility index (Phi) is 8.83. The summed E-state index contributed by atoms with van der Waals surface area (Å²) >= 11 is 0. The van der Waals surface area contributed by atoms with E-state index in [2.05, 4.69) is 27.7 Å². The van der Waals surface area contributed by atoms with Gasteiger partial charge >= 0.3 is 0 Å². The molecule has 0 saturated carbocycles. The van der Waals surface area contributed by atoms with Crippen LogP contribution in [0.3, 0.4) is 0 Å². The van der Waals surface area contributed by atoms with Crippen molar-refractivity contribution in [2.45, 2.75) is 78.6 Å². The van der Waals surface area contributed by atoms with Crippen LogP contribution in [0.25, 0.3) is 0 Å². The second-order valence-electron chi connectivity index (χ2n) is 6.05. The molecule has 0 aromatic carbocycles. The molecule has 18 heavy (non-hydrogen) atoms. The van der Waals surface area contributed by atoms with Gasteiger partial charge in [0.05, 0.1) is 31.0 Å². The van der Waals surface area contributed by atoms with Crippen molar-refractivity contribution in [3.63, 3.8) is 0 Å². The summed E-state index contributed by atoms with van der Waals surface area (Å²) in [5, 5.41) is 8.92. The molecule has 0 aliphatic rings. The summed E-state index contributed by atoms with van der Waals surface area (Å²) in [5.74, 6) is 0.631. The van der Waals surface area contributed by atoms with Crippen LogP contribution in [0.5, 0.6) is 0 Å². The third kappa shape index (κ3) is 8.06. The van der Waals surface area contributed by atoms with Gasteiger partial charge in [0.2, 0.25) is 0 Å². The molecule has 0 radical (unpaired) electrons. The molecule has 0 fully saturated rings. The average Bonchev–Trinajstić information content (AvgIpc) is 2.24. The van der Waals surface area contributed by atoms with E-state index in [1.54, 1.807) is 0 Å². The molecule has 0 rings (SSSR count). The molecular weight excluding hydrogens is 228 g/mol. The maximum atomic E-state index is 8.92. The molecule has 0 aliphatic carbocycles. The average molecular weight is 260 g/mol. The minimum atomic E-state index is -0.112. The van der Waals surface area contributed by atoms with E-state index >= 15 is 0 Å². The highest BCUT2D eigenvalue weighted by Gasteiger charge is 2.27. The van der Waals surface area contributed by atoms with E-state index in [9.17, 15) is 0 Å². The van der Waals surface area contributed by atoms with Crippen molar-refractivity contribution in [1.82, 2.24) is 0 Å². The summed E-state index contributed by atoms with van der Waals surface area (Å²) in [6.45, 7) is 13.4. The van der Waals surface area contributed by atoms with Gasteiger partial charge in [-0.2, -0.15) is 0 Å².